The number of hydrogen-bond acceptors (Lipinski definition) is 6. The molecule has 0 bridgehead atoms. The molecule has 1 fully saturated rings. The number of nitrogens with one attached hydrogen (secondary N) is 1. The lowest BCUT2D eigenvalue weighted by Gasteiger charge is -2.32. The summed E-state index contributed by atoms with van der Waals surface area (Å²) in [7, 11) is 1.97. The van der Waals surface area contributed by atoms with Crippen molar-refractivity contribution in [3.8, 4) is 0 Å². The van der Waals surface area contributed by atoms with Crippen LogP contribution in [0.3, 0.4) is 0 Å². The summed E-state index contributed by atoms with van der Waals surface area (Å²) in [6.07, 6.45) is 5.29. The number of β-amino-alcohol motifs (C(OH)–C–C–N with tert-alkyl or cyclic N) is 1. The summed E-state index contributed by atoms with van der Waals surface area (Å²) >= 11 is 0. The largest absolute Gasteiger partial charge is 0.385 e. The van der Waals surface area contributed by atoms with Crippen LogP contribution in [-0.4, -0.2) is 74.4 Å². The fraction of sp³-hybridized carbons (Fsp3) is 0.375. The molecule has 1 aliphatic rings. The Balaban J connectivity index is 1.50. The van der Waals surface area contributed by atoms with E-state index in [4.69, 9.17) is 0 Å². The van der Waals surface area contributed by atoms with E-state index in [0.717, 1.165) is 16.9 Å². The molecule has 8 heteroatoms. The molecule has 32 heavy (non-hydrogen) atoms. The van der Waals surface area contributed by atoms with Crippen molar-refractivity contribution >= 4 is 11.6 Å². The first kappa shape index (κ1) is 22.0. The van der Waals surface area contributed by atoms with Crippen molar-refractivity contribution in [3.63, 3.8) is 0 Å². The zero-order valence-corrected chi connectivity index (χ0v) is 18.6. The van der Waals surface area contributed by atoms with Gasteiger partial charge in [-0.25, -0.2) is 0 Å². The van der Waals surface area contributed by atoms with E-state index >= 15 is 0 Å². The van der Waals surface area contributed by atoms with Gasteiger partial charge in [0.05, 0.1) is 25.3 Å². The molecule has 8 nitrogen and oxygen atoms in total. The third-order valence-electron chi connectivity index (χ3n) is 5.77. The summed E-state index contributed by atoms with van der Waals surface area (Å²) in [5.41, 5.74) is 2.41. The van der Waals surface area contributed by atoms with Crippen molar-refractivity contribution in [2.24, 2.45) is 0 Å². The Hall–Kier alpha value is -3.23. The van der Waals surface area contributed by atoms with E-state index in [1.54, 1.807) is 22.0 Å². The van der Waals surface area contributed by atoms with E-state index in [1.807, 2.05) is 62.6 Å². The first-order valence-corrected chi connectivity index (χ1v) is 10.8. The summed E-state index contributed by atoms with van der Waals surface area (Å²) in [4.78, 5) is 21.6. The van der Waals surface area contributed by atoms with Crippen LogP contribution in [0.15, 0.2) is 61.1 Å². The van der Waals surface area contributed by atoms with Crippen molar-refractivity contribution in [2.45, 2.75) is 25.6 Å². The highest BCUT2D eigenvalue weighted by atomic mass is 16.3. The van der Waals surface area contributed by atoms with Gasteiger partial charge in [-0.15, -0.1) is 0 Å². The predicted molar refractivity (Wildman–Crippen MR) is 123 cm³/mol. The lowest BCUT2D eigenvalue weighted by Crippen LogP contribution is -2.50. The molecule has 2 N–H and O–H groups in total. The van der Waals surface area contributed by atoms with E-state index in [0.29, 0.717) is 38.3 Å². The van der Waals surface area contributed by atoms with Gasteiger partial charge in [0.1, 0.15) is 5.60 Å². The second-order valence-corrected chi connectivity index (χ2v) is 8.60. The number of aryl methyl sites for hydroxylation is 1. The first-order valence-electron chi connectivity index (χ1n) is 10.8. The second-order valence-electron chi connectivity index (χ2n) is 8.60. The highest BCUT2D eigenvalue weighted by Gasteiger charge is 2.36. The maximum Gasteiger partial charge on any atom is 0.254 e. The first-order chi connectivity index (χ1) is 15.4. The summed E-state index contributed by atoms with van der Waals surface area (Å²) in [6, 6.07) is 13.3. The molecule has 1 amide bonds. The summed E-state index contributed by atoms with van der Waals surface area (Å²) < 4.78 is 1.72. The highest BCUT2D eigenvalue weighted by molar-refractivity contribution is 5.95. The molecule has 4 rings (SSSR count). The lowest BCUT2D eigenvalue weighted by atomic mass is 10.0. The zero-order chi connectivity index (χ0) is 22.6. The van der Waals surface area contributed by atoms with Gasteiger partial charge < -0.3 is 20.2 Å². The smallest absolute Gasteiger partial charge is 0.254 e. The fourth-order valence-electron chi connectivity index (χ4n) is 4.14. The van der Waals surface area contributed by atoms with Gasteiger partial charge in [-0.1, -0.05) is 12.1 Å². The van der Waals surface area contributed by atoms with Gasteiger partial charge in [-0.2, -0.15) is 5.10 Å². The number of likely N-dealkylation sites (N-methyl/N-ethyl adjacent to an activating group) is 1. The fourth-order valence-corrected chi connectivity index (χ4v) is 4.14. The minimum absolute atomic E-state index is 0.0833. The number of aromatic nitrogens is 3. The average Bonchev–Trinajstić information content (AvgIpc) is 3.23. The Bertz CT molecular complexity index is 1040. The SMILES string of the molecule is Cc1ccc(C(=O)N2CCN(C)C[C@](O)(Cn3cccn3)C2)cc1NCc1ccccn1. The number of amides is 1. The molecular formula is C24H30N6O2. The molecule has 0 spiro atoms. The monoisotopic (exact) mass is 434 g/mol. The molecule has 3 heterocycles. The van der Waals surface area contributed by atoms with Crippen LogP contribution in [0.2, 0.25) is 0 Å². The molecule has 0 radical (unpaired) electrons. The quantitative estimate of drug-likeness (QED) is 0.617. The molecule has 1 aromatic carbocycles. The molecule has 1 aliphatic heterocycles. The van der Waals surface area contributed by atoms with Crippen LogP contribution < -0.4 is 5.32 Å². The number of rotatable bonds is 6. The minimum atomic E-state index is -1.09. The van der Waals surface area contributed by atoms with Crippen LogP contribution in [0.25, 0.3) is 0 Å². The number of carbonyl (C=O) groups is 1. The molecule has 2 aromatic heterocycles. The number of carbonyl (C=O) groups excluding carboxylic acids is 1. The number of anilines is 1. The lowest BCUT2D eigenvalue weighted by molar-refractivity contribution is -0.0137. The van der Waals surface area contributed by atoms with E-state index in [-0.39, 0.29) is 12.5 Å². The molecule has 168 valence electrons. The molecule has 0 aliphatic carbocycles. The Morgan fingerprint density at radius 1 is 1.16 bits per heavy atom. The number of benzene rings is 1. The molecule has 0 saturated carbocycles. The molecular weight excluding hydrogens is 404 g/mol. The molecule has 0 unspecified atom stereocenters. The van der Waals surface area contributed by atoms with Crippen LogP contribution >= 0.6 is 0 Å². The van der Waals surface area contributed by atoms with Gasteiger partial charge in [0.25, 0.3) is 5.91 Å². The standard InChI is InChI=1S/C24H30N6O2/c1-19-7-8-20(14-22(19)26-15-21-6-3-4-9-25-21)23(31)29-13-12-28(2)16-24(32,17-29)18-30-11-5-10-27-30/h3-11,14,26,32H,12-13,15-18H2,1-2H3/t24-/m1/s1. The van der Waals surface area contributed by atoms with Gasteiger partial charge in [-0.05, 0) is 49.9 Å². The topological polar surface area (TPSA) is 86.5 Å². The summed E-state index contributed by atoms with van der Waals surface area (Å²) in [5, 5.41) is 19.0. The Morgan fingerprint density at radius 2 is 2.03 bits per heavy atom. The number of pyridine rings is 1. The maximum atomic E-state index is 13.4. The summed E-state index contributed by atoms with van der Waals surface area (Å²) in [6.45, 7) is 4.91. The van der Waals surface area contributed by atoms with Crippen LogP contribution in [0.5, 0.6) is 0 Å². The Kier molecular flexibility index (Phi) is 6.53. The maximum absolute atomic E-state index is 13.4. The van der Waals surface area contributed by atoms with Gasteiger partial charge in [-0.3, -0.25) is 14.5 Å². The van der Waals surface area contributed by atoms with E-state index in [1.165, 1.54) is 0 Å². The van der Waals surface area contributed by atoms with Crippen molar-refractivity contribution in [2.75, 3.05) is 38.5 Å². The predicted octanol–water partition coefficient (Wildman–Crippen LogP) is 2.02. The van der Waals surface area contributed by atoms with E-state index in [2.05, 4.69) is 20.3 Å². The summed E-state index contributed by atoms with van der Waals surface area (Å²) in [5.74, 6) is -0.0833. The number of nitrogens with zero attached hydrogens (tertiary/aromatic N) is 5. The number of hydrogen-bond donors (Lipinski definition) is 2. The minimum Gasteiger partial charge on any atom is -0.385 e. The average molecular weight is 435 g/mol. The molecule has 1 saturated heterocycles. The van der Waals surface area contributed by atoms with Crippen molar-refractivity contribution in [1.29, 1.82) is 0 Å². The van der Waals surface area contributed by atoms with Gasteiger partial charge in [0, 0.05) is 49.5 Å². The molecule has 1 atom stereocenters. The van der Waals surface area contributed by atoms with Crippen LogP contribution in [-0.2, 0) is 13.1 Å². The van der Waals surface area contributed by atoms with Crippen molar-refractivity contribution < 1.29 is 9.90 Å². The number of aliphatic hydroxyl groups is 1. The van der Waals surface area contributed by atoms with E-state index < -0.39 is 5.60 Å². The normalized spacial score (nSPS) is 19.5. The van der Waals surface area contributed by atoms with Gasteiger partial charge in [0.2, 0.25) is 0 Å². The Labute approximate surface area is 188 Å². The van der Waals surface area contributed by atoms with Crippen LogP contribution in [0.4, 0.5) is 5.69 Å². The third-order valence-corrected chi connectivity index (χ3v) is 5.77. The van der Waals surface area contributed by atoms with Gasteiger partial charge in [0.15, 0.2) is 0 Å². The Morgan fingerprint density at radius 3 is 2.78 bits per heavy atom. The molecule has 3 aromatic rings. The zero-order valence-electron chi connectivity index (χ0n) is 18.6. The van der Waals surface area contributed by atoms with Crippen LogP contribution in [0, 0.1) is 6.92 Å². The van der Waals surface area contributed by atoms with E-state index in [9.17, 15) is 9.90 Å². The van der Waals surface area contributed by atoms with Crippen molar-refractivity contribution in [3.05, 3.63) is 77.9 Å². The van der Waals surface area contributed by atoms with Gasteiger partial charge >= 0.3 is 0 Å². The highest BCUT2D eigenvalue weighted by Crippen LogP contribution is 2.22. The third kappa shape index (κ3) is 5.33. The van der Waals surface area contributed by atoms with Crippen LogP contribution in [0.1, 0.15) is 21.6 Å². The van der Waals surface area contributed by atoms with Crippen molar-refractivity contribution in [1.82, 2.24) is 24.6 Å². The second kappa shape index (κ2) is 9.50.